The smallest absolute Gasteiger partial charge is 0.359 e. The molecule has 2 aliphatic heterocycles. The Hall–Kier alpha value is -2.76. The molecule has 1 aromatic carbocycles. The van der Waals surface area contributed by atoms with Crippen molar-refractivity contribution in [1.82, 2.24) is 4.90 Å². The highest BCUT2D eigenvalue weighted by Crippen LogP contribution is 2.37. The molecule has 0 spiro atoms. The number of amides is 1. The second-order valence-electron chi connectivity index (χ2n) is 4.63. The average molecular weight is 287 g/mol. The zero-order valence-electron chi connectivity index (χ0n) is 11.1. The molecule has 1 saturated heterocycles. The molecule has 1 aromatic rings. The number of aliphatic hydroxyl groups excluding tert-OH is 1. The molecule has 0 bridgehead atoms. The van der Waals surface area contributed by atoms with Gasteiger partial charge in [-0.1, -0.05) is 30.3 Å². The fourth-order valence-electron chi connectivity index (χ4n) is 2.25. The van der Waals surface area contributed by atoms with E-state index in [1.54, 1.807) is 0 Å². The fraction of sp³-hybridized carbons (Fsp3) is 0.200. The number of carbonyl (C=O) groups excluding carboxylic acids is 2. The van der Waals surface area contributed by atoms with E-state index in [0.29, 0.717) is 0 Å². The summed E-state index contributed by atoms with van der Waals surface area (Å²) in [5, 5.41) is 8.84. The van der Waals surface area contributed by atoms with Crippen LogP contribution in [0.15, 0.2) is 54.1 Å². The van der Waals surface area contributed by atoms with Crippen LogP contribution in [-0.4, -0.2) is 28.1 Å². The van der Waals surface area contributed by atoms with Gasteiger partial charge in [0.1, 0.15) is 6.61 Å². The Morgan fingerprint density at radius 1 is 1.43 bits per heavy atom. The quantitative estimate of drug-likeness (QED) is 0.517. The van der Waals surface area contributed by atoms with Gasteiger partial charge in [0.05, 0.1) is 12.7 Å². The first-order chi connectivity index (χ1) is 10.2. The molecule has 2 aliphatic rings. The molecule has 1 fully saturated rings. The van der Waals surface area contributed by atoms with E-state index in [2.05, 4.69) is 0 Å². The number of hydrogen-bond acceptors (Lipinski definition) is 5. The van der Waals surface area contributed by atoms with Gasteiger partial charge < -0.3 is 14.6 Å². The molecule has 6 heteroatoms. The lowest BCUT2D eigenvalue weighted by atomic mass is 10.1. The van der Waals surface area contributed by atoms with Crippen LogP contribution in [0, 0.1) is 0 Å². The predicted molar refractivity (Wildman–Crippen MR) is 71.4 cm³/mol. The molecular formula is C15H13NO5. The Balaban J connectivity index is 1.75. The summed E-state index contributed by atoms with van der Waals surface area (Å²) >= 11 is 0. The molecule has 1 atom stereocenters. The van der Waals surface area contributed by atoms with Crippen LogP contribution in [0.2, 0.25) is 0 Å². The zero-order valence-corrected chi connectivity index (χ0v) is 11.1. The van der Waals surface area contributed by atoms with Crippen molar-refractivity contribution in [3.63, 3.8) is 0 Å². The van der Waals surface area contributed by atoms with Crippen LogP contribution in [0.1, 0.15) is 12.0 Å². The van der Waals surface area contributed by atoms with Gasteiger partial charge >= 0.3 is 5.97 Å². The number of benzene rings is 1. The normalized spacial score (nSPS) is 20.3. The van der Waals surface area contributed by atoms with E-state index in [1.807, 2.05) is 30.3 Å². The van der Waals surface area contributed by atoms with Crippen molar-refractivity contribution in [2.24, 2.45) is 0 Å². The minimum absolute atomic E-state index is 0.0393. The lowest BCUT2D eigenvalue weighted by molar-refractivity contribution is -0.159. The van der Waals surface area contributed by atoms with Crippen molar-refractivity contribution in [2.45, 2.75) is 19.3 Å². The zero-order chi connectivity index (χ0) is 14.8. The van der Waals surface area contributed by atoms with E-state index >= 15 is 0 Å². The molecule has 0 aromatic heterocycles. The van der Waals surface area contributed by atoms with Gasteiger partial charge in [0.15, 0.2) is 17.7 Å². The Morgan fingerprint density at radius 3 is 2.86 bits per heavy atom. The molecule has 0 saturated carbocycles. The summed E-state index contributed by atoms with van der Waals surface area (Å²) in [5.41, 5.74) is 0.883. The first kappa shape index (κ1) is 13.2. The van der Waals surface area contributed by atoms with Crippen molar-refractivity contribution in [2.75, 3.05) is 0 Å². The van der Waals surface area contributed by atoms with Crippen LogP contribution in [0.4, 0.5) is 0 Å². The number of allylic oxidation sites excluding steroid dienone is 1. The predicted octanol–water partition coefficient (Wildman–Crippen LogP) is 1.60. The number of rotatable bonds is 4. The monoisotopic (exact) mass is 287 g/mol. The summed E-state index contributed by atoms with van der Waals surface area (Å²) in [6.07, 6.45) is 1.74. The van der Waals surface area contributed by atoms with Crippen LogP contribution in [-0.2, 0) is 25.7 Å². The number of hydrogen-bond donors (Lipinski definition) is 1. The largest absolute Gasteiger partial charge is 0.515 e. The highest BCUT2D eigenvalue weighted by atomic mass is 16.6. The van der Waals surface area contributed by atoms with E-state index in [9.17, 15) is 9.59 Å². The van der Waals surface area contributed by atoms with Gasteiger partial charge in [-0.05, 0) is 5.56 Å². The molecule has 2 heterocycles. The van der Waals surface area contributed by atoms with Gasteiger partial charge in [-0.2, -0.15) is 0 Å². The molecule has 6 nitrogen and oxygen atoms in total. The second kappa shape index (κ2) is 5.32. The van der Waals surface area contributed by atoms with Crippen LogP contribution < -0.4 is 0 Å². The van der Waals surface area contributed by atoms with Gasteiger partial charge in [0.2, 0.25) is 5.91 Å². The molecule has 1 amide bonds. The summed E-state index contributed by atoms with van der Waals surface area (Å²) in [6, 6.07) is 9.22. The molecule has 3 rings (SSSR count). The lowest BCUT2D eigenvalue weighted by Crippen LogP contribution is -2.50. The third-order valence-corrected chi connectivity index (χ3v) is 3.28. The highest BCUT2D eigenvalue weighted by molar-refractivity contribution is 5.98. The van der Waals surface area contributed by atoms with Crippen molar-refractivity contribution in [3.05, 3.63) is 59.7 Å². The maximum absolute atomic E-state index is 12.2. The Kier molecular flexibility index (Phi) is 3.35. The number of β-lactam (4-membered cyclic amide) rings is 1. The summed E-state index contributed by atoms with van der Waals surface area (Å²) in [7, 11) is 0. The van der Waals surface area contributed by atoms with Crippen LogP contribution >= 0.6 is 0 Å². The van der Waals surface area contributed by atoms with E-state index in [1.165, 1.54) is 11.0 Å². The number of nitrogens with zero attached hydrogens (tertiary/aromatic N) is 1. The van der Waals surface area contributed by atoms with Crippen LogP contribution in [0.3, 0.4) is 0 Å². The third kappa shape index (κ3) is 2.35. The van der Waals surface area contributed by atoms with E-state index in [-0.39, 0.29) is 30.4 Å². The Labute approximate surface area is 120 Å². The summed E-state index contributed by atoms with van der Waals surface area (Å²) in [4.78, 5) is 25.0. The number of aliphatic hydroxyl groups is 1. The Morgan fingerprint density at radius 2 is 2.19 bits per heavy atom. The standard InChI is InChI=1S/C15H13NO5/c17-7-6-11-14(16-12(18)8-13(16)21-11)15(19)20-9-10-4-2-1-3-5-10/h1-7,13,17H,8-9H2. The summed E-state index contributed by atoms with van der Waals surface area (Å²) < 4.78 is 10.6. The minimum Gasteiger partial charge on any atom is -0.515 e. The van der Waals surface area contributed by atoms with Crippen molar-refractivity contribution in [1.29, 1.82) is 0 Å². The van der Waals surface area contributed by atoms with E-state index in [4.69, 9.17) is 14.6 Å². The minimum atomic E-state index is -0.650. The average Bonchev–Trinajstić information content (AvgIpc) is 2.79. The van der Waals surface area contributed by atoms with Gasteiger partial charge in [-0.25, -0.2) is 4.79 Å². The number of ether oxygens (including phenoxy) is 2. The van der Waals surface area contributed by atoms with Crippen LogP contribution in [0.5, 0.6) is 0 Å². The molecule has 108 valence electrons. The number of fused-ring (bicyclic) bond motifs is 1. The summed E-state index contributed by atoms with van der Waals surface area (Å²) in [5.74, 6) is -0.707. The van der Waals surface area contributed by atoms with Gasteiger partial charge in [0.25, 0.3) is 0 Å². The molecule has 1 unspecified atom stereocenters. The topological polar surface area (TPSA) is 76.1 Å². The van der Waals surface area contributed by atoms with Crippen molar-refractivity contribution >= 4 is 11.9 Å². The van der Waals surface area contributed by atoms with E-state index in [0.717, 1.165) is 11.8 Å². The molecule has 1 N–H and O–H groups in total. The second-order valence-corrected chi connectivity index (χ2v) is 4.63. The first-order valence-electron chi connectivity index (χ1n) is 6.45. The van der Waals surface area contributed by atoms with Gasteiger partial charge in [0, 0.05) is 6.08 Å². The van der Waals surface area contributed by atoms with Gasteiger partial charge in [-0.15, -0.1) is 0 Å². The lowest BCUT2D eigenvalue weighted by Gasteiger charge is -2.33. The molecule has 0 aliphatic carbocycles. The third-order valence-electron chi connectivity index (χ3n) is 3.28. The number of esters is 1. The molecule has 21 heavy (non-hydrogen) atoms. The fourth-order valence-corrected chi connectivity index (χ4v) is 2.25. The SMILES string of the molecule is O=C(OCc1ccccc1)C1=C(C=CO)OC2CC(=O)N12. The van der Waals surface area contributed by atoms with Crippen molar-refractivity contribution in [3.8, 4) is 0 Å². The maximum atomic E-state index is 12.2. The molecular weight excluding hydrogens is 274 g/mol. The van der Waals surface area contributed by atoms with Crippen molar-refractivity contribution < 1.29 is 24.2 Å². The number of carbonyl (C=O) groups is 2. The van der Waals surface area contributed by atoms with E-state index < -0.39 is 12.2 Å². The van der Waals surface area contributed by atoms with Crippen LogP contribution in [0.25, 0.3) is 0 Å². The van der Waals surface area contributed by atoms with Gasteiger partial charge in [-0.3, -0.25) is 9.69 Å². The Bertz CT molecular complexity index is 635. The first-order valence-corrected chi connectivity index (χ1v) is 6.45. The summed E-state index contributed by atoms with van der Waals surface area (Å²) in [6.45, 7) is 0.103. The highest BCUT2D eigenvalue weighted by Gasteiger charge is 2.49. The molecule has 0 radical (unpaired) electrons. The maximum Gasteiger partial charge on any atom is 0.359 e.